The predicted octanol–water partition coefficient (Wildman–Crippen LogP) is 3.32. The smallest absolute Gasteiger partial charge is 0.227 e. The van der Waals surface area contributed by atoms with Gasteiger partial charge in [0, 0.05) is 24.2 Å². The summed E-state index contributed by atoms with van der Waals surface area (Å²) >= 11 is 0. The molecule has 5 nitrogen and oxygen atoms in total. The third kappa shape index (κ3) is 3.72. The highest BCUT2D eigenvalue weighted by molar-refractivity contribution is 6.00. The molecule has 1 heterocycles. The standard InChI is InChI=1S/C21H24N2O3/c1-3-18(17-11-7-8-12-19(17)26-2)22-21(25)15-13-20(24)23(14-15)16-9-5-4-6-10-16/h4-12,15,18H,3,13-14H2,1-2H3,(H,22,25). The number of nitrogens with zero attached hydrogens (tertiary/aromatic N) is 1. The SMILES string of the molecule is CCC(NC(=O)C1CC(=O)N(c2ccccc2)C1)c1ccccc1OC. The summed E-state index contributed by atoms with van der Waals surface area (Å²) in [5.74, 6) is 0.316. The molecule has 3 rings (SSSR count). The number of rotatable bonds is 6. The molecule has 2 aromatic carbocycles. The Bertz CT molecular complexity index is 776. The summed E-state index contributed by atoms with van der Waals surface area (Å²) in [6, 6.07) is 17.0. The molecule has 1 aliphatic rings. The molecule has 0 aromatic heterocycles. The van der Waals surface area contributed by atoms with Crippen molar-refractivity contribution >= 4 is 17.5 Å². The normalized spacial score (nSPS) is 17.8. The maximum atomic E-state index is 12.8. The van der Waals surface area contributed by atoms with E-state index in [0.717, 1.165) is 23.4 Å². The van der Waals surface area contributed by atoms with Crippen molar-refractivity contribution in [3.05, 3.63) is 60.2 Å². The minimum Gasteiger partial charge on any atom is -0.496 e. The first-order valence-corrected chi connectivity index (χ1v) is 8.92. The van der Waals surface area contributed by atoms with Crippen molar-refractivity contribution in [1.29, 1.82) is 0 Å². The quantitative estimate of drug-likeness (QED) is 0.868. The summed E-state index contributed by atoms with van der Waals surface area (Å²) in [6.07, 6.45) is 0.984. The van der Waals surface area contributed by atoms with E-state index in [1.807, 2.05) is 61.5 Å². The van der Waals surface area contributed by atoms with Gasteiger partial charge in [0.15, 0.2) is 0 Å². The highest BCUT2D eigenvalue weighted by Gasteiger charge is 2.35. The Hall–Kier alpha value is -2.82. The first-order chi connectivity index (χ1) is 12.6. The first kappa shape index (κ1) is 18.0. The lowest BCUT2D eigenvalue weighted by Crippen LogP contribution is -2.35. The van der Waals surface area contributed by atoms with Crippen molar-refractivity contribution in [2.75, 3.05) is 18.6 Å². The summed E-state index contributed by atoms with van der Waals surface area (Å²) < 4.78 is 5.41. The molecule has 2 atom stereocenters. The fourth-order valence-electron chi connectivity index (χ4n) is 3.38. The second-order valence-corrected chi connectivity index (χ2v) is 6.45. The average molecular weight is 352 g/mol. The Morgan fingerprint density at radius 2 is 1.88 bits per heavy atom. The number of anilines is 1. The molecule has 1 N–H and O–H groups in total. The lowest BCUT2D eigenvalue weighted by atomic mass is 10.0. The van der Waals surface area contributed by atoms with Crippen molar-refractivity contribution in [2.24, 2.45) is 5.92 Å². The number of hydrogen-bond donors (Lipinski definition) is 1. The van der Waals surface area contributed by atoms with Gasteiger partial charge in [0.25, 0.3) is 0 Å². The number of nitrogens with one attached hydrogen (secondary N) is 1. The minimum atomic E-state index is -0.341. The van der Waals surface area contributed by atoms with Crippen molar-refractivity contribution in [1.82, 2.24) is 5.32 Å². The highest BCUT2D eigenvalue weighted by Crippen LogP contribution is 2.29. The minimum absolute atomic E-state index is 0.0123. The lowest BCUT2D eigenvalue weighted by Gasteiger charge is -2.22. The van der Waals surface area contributed by atoms with Gasteiger partial charge >= 0.3 is 0 Å². The van der Waals surface area contributed by atoms with Gasteiger partial charge in [-0.25, -0.2) is 0 Å². The molecule has 1 aliphatic heterocycles. The van der Waals surface area contributed by atoms with E-state index in [1.165, 1.54) is 0 Å². The third-order valence-corrected chi connectivity index (χ3v) is 4.80. The van der Waals surface area contributed by atoms with Crippen LogP contribution in [0.5, 0.6) is 5.75 Å². The molecule has 136 valence electrons. The average Bonchev–Trinajstić information content (AvgIpc) is 3.08. The van der Waals surface area contributed by atoms with Crippen LogP contribution >= 0.6 is 0 Å². The molecule has 0 bridgehead atoms. The molecule has 2 aromatic rings. The summed E-state index contributed by atoms with van der Waals surface area (Å²) in [5.41, 5.74) is 1.79. The Morgan fingerprint density at radius 3 is 2.58 bits per heavy atom. The Balaban J connectivity index is 1.70. The van der Waals surface area contributed by atoms with Crippen molar-refractivity contribution in [3.63, 3.8) is 0 Å². The molecule has 0 radical (unpaired) electrons. The van der Waals surface area contributed by atoms with Gasteiger partial charge in [-0.2, -0.15) is 0 Å². The van der Waals surface area contributed by atoms with Gasteiger partial charge in [-0.15, -0.1) is 0 Å². The van der Waals surface area contributed by atoms with E-state index in [2.05, 4.69) is 5.32 Å². The fraction of sp³-hybridized carbons (Fsp3) is 0.333. The molecular formula is C21H24N2O3. The molecule has 2 unspecified atom stereocenters. The summed E-state index contributed by atoms with van der Waals surface area (Å²) in [5, 5.41) is 3.09. The number of amides is 2. The van der Waals surface area contributed by atoms with Gasteiger partial charge in [-0.1, -0.05) is 43.3 Å². The highest BCUT2D eigenvalue weighted by atomic mass is 16.5. The number of hydrogen-bond acceptors (Lipinski definition) is 3. The van der Waals surface area contributed by atoms with Crippen LogP contribution < -0.4 is 15.0 Å². The van der Waals surface area contributed by atoms with Gasteiger partial charge in [0.05, 0.1) is 19.1 Å². The first-order valence-electron chi connectivity index (χ1n) is 8.92. The molecule has 26 heavy (non-hydrogen) atoms. The molecule has 2 amide bonds. The van der Waals surface area contributed by atoms with Crippen LogP contribution in [-0.4, -0.2) is 25.5 Å². The van der Waals surface area contributed by atoms with Crippen LogP contribution in [0.4, 0.5) is 5.69 Å². The van der Waals surface area contributed by atoms with Crippen molar-refractivity contribution in [3.8, 4) is 5.75 Å². The van der Waals surface area contributed by atoms with E-state index in [1.54, 1.807) is 12.0 Å². The maximum absolute atomic E-state index is 12.8. The summed E-state index contributed by atoms with van der Waals surface area (Å²) in [4.78, 5) is 26.8. The maximum Gasteiger partial charge on any atom is 0.227 e. The van der Waals surface area contributed by atoms with Gasteiger partial charge < -0.3 is 15.0 Å². The van der Waals surface area contributed by atoms with E-state index in [9.17, 15) is 9.59 Å². The Labute approximate surface area is 154 Å². The predicted molar refractivity (Wildman–Crippen MR) is 101 cm³/mol. The third-order valence-electron chi connectivity index (χ3n) is 4.80. The molecule has 0 saturated carbocycles. The number of carbonyl (C=O) groups is 2. The number of benzene rings is 2. The van der Waals surface area contributed by atoms with E-state index in [0.29, 0.717) is 6.54 Å². The fourth-order valence-corrected chi connectivity index (χ4v) is 3.38. The van der Waals surface area contributed by atoms with Crippen LogP contribution in [0.15, 0.2) is 54.6 Å². The van der Waals surface area contributed by atoms with Gasteiger partial charge in [0.1, 0.15) is 5.75 Å². The number of methoxy groups -OCH3 is 1. The molecule has 1 saturated heterocycles. The lowest BCUT2D eigenvalue weighted by molar-refractivity contribution is -0.127. The second-order valence-electron chi connectivity index (χ2n) is 6.45. The number of para-hydroxylation sites is 2. The molecule has 0 spiro atoms. The molecular weight excluding hydrogens is 328 g/mol. The van der Waals surface area contributed by atoms with Crippen LogP contribution in [-0.2, 0) is 9.59 Å². The molecule has 1 fully saturated rings. The Morgan fingerprint density at radius 1 is 1.19 bits per heavy atom. The zero-order valence-corrected chi connectivity index (χ0v) is 15.1. The van der Waals surface area contributed by atoms with Gasteiger partial charge in [0.2, 0.25) is 11.8 Å². The zero-order valence-electron chi connectivity index (χ0n) is 15.1. The summed E-state index contributed by atoms with van der Waals surface area (Å²) in [6.45, 7) is 2.44. The monoisotopic (exact) mass is 352 g/mol. The van der Waals surface area contributed by atoms with E-state index in [4.69, 9.17) is 4.74 Å². The topological polar surface area (TPSA) is 58.6 Å². The van der Waals surface area contributed by atoms with Gasteiger partial charge in [-0.05, 0) is 24.6 Å². The molecule has 0 aliphatic carbocycles. The molecule has 5 heteroatoms. The number of ether oxygens (including phenoxy) is 1. The van der Waals surface area contributed by atoms with Crippen LogP contribution in [0.25, 0.3) is 0 Å². The van der Waals surface area contributed by atoms with Crippen LogP contribution in [0.3, 0.4) is 0 Å². The Kier molecular flexibility index (Phi) is 5.56. The second kappa shape index (κ2) is 8.04. The van der Waals surface area contributed by atoms with Crippen molar-refractivity contribution < 1.29 is 14.3 Å². The van der Waals surface area contributed by atoms with Gasteiger partial charge in [-0.3, -0.25) is 9.59 Å². The number of carbonyl (C=O) groups excluding carboxylic acids is 2. The van der Waals surface area contributed by atoms with Crippen LogP contribution in [0.1, 0.15) is 31.4 Å². The zero-order chi connectivity index (χ0) is 18.5. The van der Waals surface area contributed by atoms with E-state index in [-0.39, 0.29) is 30.2 Å². The summed E-state index contributed by atoms with van der Waals surface area (Å²) in [7, 11) is 1.63. The van der Waals surface area contributed by atoms with E-state index < -0.39 is 0 Å². The van der Waals surface area contributed by atoms with E-state index >= 15 is 0 Å². The van der Waals surface area contributed by atoms with Crippen molar-refractivity contribution in [2.45, 2.75) is 25.8 Å². The van der Waals surface area contributed by atoms with Crippen LogP contribution in [0.2, 0.25) is 0 Å². The largest absolute Gasteiger partial charge is 0.496 e. The van der Waals surface area contributed by atoms with Crippen LogP contribution in [0, 0.1) is 5.92 Å².